The van der Waals surface area contributed by atoms with Gasteiger partial charge in [-0.2, -0.15) is 0 Å². The maximum atomic E-state index is 14.3. The van der Waals surface area contributed by atoms with Gasteiger partial charge in [0.05, 0.1) is 55.9 Å². The Morgan fingerprint density at radius 1 is 0.864 bits per heavy atom. The second-order valence-corrected chi connectivity index (χ2v) is 17.8. The summed E-state index contributed by atoms with van der Waals surface area (Å²) < 4.78 is 21.3. The highest BCUT2D eigenvalue weighted by Crippen LogP contribution is 2.41. The fourth-order valence-electron chi connectivity index (χ4n) is 10.1. The van der Waals surface area contributed by atoms with Crippen LogP contribution >= 0.6 is 0 Å². The van der Waals surface area contributed by atoms with Crippen molar-refractivity contribution >= 4 is 67.9 Å². The highest BCUT2D eigenvalue weighted by molar-refractivity contribution is 6.13. The lowest BCUT2D eigenvalue weighted by Crippen LogP contribution is -2.55. The lowest BCUT2D eigenvalue weighted by atomic mass is 9.95. The number of aliphatic imine (C=N–C) groups is 1. The molecule has 16 heteroatoms. The number of carbonyl (C=O) groups excluding carboxylic acids is 4. The average Bonchev–Trinajstić information content (AvgIpc) is 4.15. The first-order chi connectivity index (χ1) is 31.9. The summed E-state index contributed by atoms with van der Waals surface area (Å²) in [6, 6.07) is 20.2. The second-order valence-electron chi connectivity index (χ2n) is 17.8. The van der Waals surface area contributed by atoms with Crippen LogP contribution in [-0.4, -0.2) is 102 Å². The first kappa shape index (κ1) is 44.1. The molecular weight excluding hydrogens is 843 g/mol. The topological polar surface area (TPSA) is 198 Å². The van der Waals surface area contributed by atoms with Crippen molar-refractivity contribution in [2.45, 2.75) is 76.7 Å². The molecule has 3 aliphatic rings. The molecule has 6 atom stereocenters. The molecule has 0 aliphatic carbocycles. The first-order valence-electron chi connectivity index (χ1n) is 22.3. The fraction of sp³-hybridized carbons (Fsp3) is 0.380. The van der Waals surface area contributed by atoms with Gasteiger partial charge in [0.15, 0.2) is 0 Å². The van der Waals surface area contributed by atoms with Crippen molar-refractivity contribution in [2.75, 3.05) is 34.5 Å². The summed E-state index contributed by atoms with van der Waals surface area (Å²) in [5, 5.41) is 9.25. The number of carbonyl (C=O) groups is 4. The van der Waals surface area contributed by atoms with Crippen molar-refractivity contribution in [3.05, 3.63) is 106 Å². The zero-order valence-electron chi connectivity index (χ0n) is 37.8. The summed E-state index contributed by atoms with van der Waals surface area (Å²) >= 11 is 0. The number of hydrogen-bond acceptors (Lipinski definition) is 11. The summed E-state index contributed by atoms with van der Waals surface area (Å²) in [5.74, 6) is -0.0222. The van der Waals surface area contributed by atoms with E-state index in [0.29, 0.717) is 59.6 Å². The molecule has 4 aromatic carbocycles. The lowest BCUT2D eigenvalue weighted by molar-refractivity contribution is -0.136. The van der Waals surface area contributed by atoms with Crippen molar-refractivity contribution < 1.29 is 37.8 Å². The number of nitrogens with one attached hydrogen (secondary N) is 3. The van der Waals surface area contributed by atoms with Crippen LogP contribution in [0.25, 0.3) is 43.8 Å². The molecule has 0 spiro atoms. The van der Waals surface area contributed by atoms with Gasteiger partial charge in [-0.25, -0.2) is 19.4 Å². The van der Waals surface area contributed by atoms with Gasteiger partial charge < -0.3 is 44.0 Å². The van der Waals surface area contributed by atoms with Crippen molar-refractivity contribution in [2.24, 2.45) is 16.8 Å². The minimum Gasteiger partial charge on any atom is -0.453 e. The Bertz CT molecular complexity index is 2960. The molecule has 0 unspecified atom stereocenters. The predicted octanol–water partition coefficient (Wildman–Crippen LogP) is 7.51. The third-order valence-corrected chi connectivity index (χ3v) is 13.4. The number of H-pyrrole nitrogens is 1. The lowest BCUT2D eigenvalue weighted by Gasteiger charge is -2.33. The summed E-state index contributed by atoms with van der Waals surface area (Å²) in [7, 11) is 4.17. The van der Waals surface area contributed by atoms with E-state index in [-0.39, 0.29) is 35.7 Å². The Labute approximate surface area is 380 Å². The fourth-order valence-corrected chi connectivity index (χ4v) is 10.1. The van der Waals surface area contributed by atoms with Crippen molar-refractivity contribution in [1.82, 2.24) is 30.4 Å². The number of nitrogens with zero attached hydrogens (tertiary/aromatic N) is 4. The average molecular weight is 896 g/mol. The smallest absolute Gasteiger partial charge is 0.407 e. The molecule has 3 N–H and O–H groups in total. The van der Waals surface area contributed by atoms with E-state index in [0.717, 1.165) is 51.3 Å². The number of ether oxygens (including phenoxy) is 3. The number of rotatable bonds is 11. The van der Waals surface area contributed by atoms with Gasteiger partial charge in [0.25, 0.3) is 5.91 Å². The zero-order valence-corrected chi connectivity index (χ0v) is 37.8. The van der Waals surface area contributed by atoms with Gasteiger partial charge in [0, 0.05) is 48.7 Å². The molecule has 3 aliphatic heterocycles. The Kier molecular flexibility index (Phi) is 12.1. The standard InChI is InChI=1S/C50H53N7O9/c1-26(2)43(54-49(61)64-5)47(59)57-27(3)12-17-40(57)38-21-34-33-22-42-35(19-30(33)14-16-37(34)52-38)32-15-13-31(20-36(32)48(60)66-42)39-23-51-45(53-39)41-18-28(25-63-4)24-56(41)46(58)44(55-50(62)65-6)29-10-8-7-9-11-29/h7-11,13-16,19-20,22-23,26-28,40-41,43-44H,12,17-18,21,24-25H2,1-6H3,(H,51,53)(H,54,61)(H,55,62)/t27-,28-,40-,41-,43-,44+/m0/s1. The van der Waals surface area contributed by atoms with Crippen LogP contribution in [0.1, 0.15) is 69.1 Å². The van der Waals surface area contributed by atoms with E-state index >= 15 is 0 Å². The Morgan fingerprint density at radius 2 is 1.64 bits per heavy atom. The van der Waals surface area contributed by atoms with E-state index in [9.17, 15) is 24.0 Å². The molecule has 2 saturated heterocycles. The highest BCUT2D eigenvalue weighted by Gasteiger charge is 2.43. The van der Waals surface area contributed by atoms with Gasteiger partial charge in [-0.3, -0.25) is 14.6 Å². The van der Waals surface area contributed by atoms with E-state index in [1.54, 1.807) is 36.4 Å². The van der Waals surface area contributed by atoms with Crippen LogP contribution < -0.4 is 16.3 Å². The summed E-state index contributed by atoms with van der Waals surface area (Å²) in [5.41, 5.74) is 4.66. The SMILES string of the molecule is COC[C@H]1C[C@@H](c2ncc(-c3ccc4c(c3)c(=O)oc3cc5c6c(ccc5cc34)N=C([C@@H]3CC[C@H](C)N3C(=O)[C@@H](NC(=O)OC)C(C)C)C6)[nH]2)N(C(=O)[C@H](NC(=O)OC)c2ccccc2)C1. The quantitative estimate of drug-likeness (QED) is 0.0665. The van der Waals surface area contributed by atoms with Gasteiger partial charge in [0.1, 0.15) is 23.5 Å². The number of aromatic amines is 1. The number of likely N-dealkylation sites (tertiary alicyclic amines) is 2. The molecule has 16 nitrogen and oxygen atoms in total. The monoisotopic (exact) mass is 895 g/mol. The number of hydrogen-bond donors (Lipinski definition) is 3. The van der Waals surface area contributed by atoms with Crippen LogP contribution in [0.4, 0.5) is 15.3 Å². The van der Waals surface area contributed by atoms with Gasteiger partial charge in [-0.1, -0.05) is 62.4 Å². The molecule has 342 valence electrons. The van der Waals surface area contributed by atoms with E-state index in [1.807, 2.05) is 80.3 Å². The maximum absolute atomic E-state index is 14.3. The van der Waals surface area contributed by atoms with Crippen LogP contribution in [0.5, 0.6) is 0 Å². The summed E-state index contributed by atoms with van der Waals surface area (Å²) in [6.45, 7) is 6.66. The van der Waals surface area contributed by atoms with Crippen molar-refractivity contribution in [3.63, 3.8) is 0 Å². The Balaban J connectivity index is 0.988. The van der Waals surface area contributed by atoms with Crippen molar-refractivity contribution in [1.29, 1.82) is 0 Å². The van der Waals surface area contributed by atoms with Crippen LogP contribution in [0.15, 0.2) is 93.2 Å². The second kappa shape index (κ2) is 18.1. The number of amides is 4. The minimum atomic E-state index is -0.985. The molecule has 2 aromatic heterocycles. The molecule has 6 aromatic rings. The molecule has 5 heterocycles. The number of fused-ring (bicyclic) bond motifs is 6. The molecular formula is C50H53N7O9. The van der Waals surface area contributed by atoms with Gasteiger partial charge >= 0.3 is 17.8 Å². The Morgan fingerprint density at radius 3 is 2.38 bits per heavy atom. The first-order valence-corrected chi connectivity index (χ1v) is 22.3. The predicted molar refractivity (Wildman–Crippen MR) is 249 cm³/mol. The molecule has 9 rings (SSSR count). The highest BCUT2D eigenvalue weighted by atomic mass is 16.5. The number of methoxy groups -OCH3 is 3. The zero-order chi connectivity index (χ0) is 46.4. The van der Waals surface area contributed by atoms with E-state index < -0.39 is 35.9 Å². The number of imidazole rings is 1. The largest absolute Gasteiger partial charge is 0.453 e. The third kappa shape index (κ3) is 8.14. The van der Waals surface area contributed by atoms with E-state index in [4.69, 9.17) is 28.6 Å². The number of aromatic nitrogens is 2. The van der Waals surface area contributed by atoms with Crippen molar-refractivity contribution in [3.8, 4) is 11.3 Å². The van der Waals surface area contributed by atoms with Gasteiger partial charge in [0.2, 0.25) is 5.91 Å². The maximum Gasteiger partial charge on any atom is 0.407 e. The van der Waals surface area contributed by atoms with Crippen LogP contribution in [0.3, 0.4) is 0 Å². The van der Waals surface area contributed by atoms with E-state index in [2.05, 4.69) is 15.6 Å². The third-order valence-electron chi connectivity index (χ3n) is 13.4. The number of alkyl carbamates (subject to hydrolysis) is 2. The van der Waals surface area contributed by atoms with E-state index in [1.165, 1.54) is 14.2 Å². The molecule has 0 saturated carbocycles. The van der Waals surface area contributed by atoms with Crippen LogP contribution in [-0.2, 0) is 30.2 Å². The summed E-state index contributed by atoms with van der Waals surface area (Å²) in [4.78, 5) is 83.6. The van der Waals surface area contributed by atoms with Crippen LogP contribution in [0, 0.1) is 11.8 Å². The molecule has 4 amide bonds. The molecule has 0 bridgehead atoms. The Hall–Kier alpha value is -7.07. The van der Waals surface area contributed by atoms with Gasteiger partial charge in [-0.05, 0) is 83.7 Å². The summed E-state index contributed by atoms with van der Waals surface area (Å²) in [6.07, 6.45) is 3.00. The molecule has 66 heavy (non-hydrogen) atoms. The van der Waals surface area contributed by atoms with Crippen LogP contribution in [0.2, 0.25) is 0 Å². The van der Waals surface area contributed by atoms with Gasteiger partial charge in [-0.15, -0.1) is 0 Å². The normalized spacial score (nSPS) is 20.1. The molecule has 2 fully saturated rings. The minimum absolute atomic E-state index is 0.0235. The molecule has 0 radical (unpaired) electrons. The number of benzene rings is 4.